The Hall–Kier alpha value is -0.340. The van der Waals surface area contributed by atoms with Gasteiger partial charge in [-0.2, -0.15) is 0 Å². The molecule has 72 valence electrons. The van der Waals surface area contributed by atoms with Crippen LogP contribution in [0, 0.1) is 19.8 Å². The summed E-state index contributed by atoms with van der Waals surface area (Å²) in [6.45, 7) is 4.42. The molecule has 0 saturated heterocycles. The van der Waals surface area contributed by atoms with Crippen LogP contribution in [-0.2, 0) is 0 Å². The molecule has 0 aromatic carbocycles. The van der Waals surface area contributed by atoms with Gasteiger partial charge in [0.2, 0.25) is 0 Å². The van der Waals surface area contributed by atoms with Crippen molar-refractivity contribution in [2.24, 2.45) is 5.92 Å². The van der Waals surface area contributed by atoms with E-state index in [4.69, 9.17) is 0 Å². The van der Waals surface area contributed by atoms with Gasteiger partial charge in [-0.15, -0.1) is 11.3 Å². The lowest BCUT2D eigenvalue weighted by Crippen LogP contribution is -2.17. The molecule has 2 rings (SSSR count). The van der Waals surface area contributed by atoms with Gasteiger partial charge < -0.3 is 5.32 Å². The van der Waals surface area contributed by atoms with Gasteiger partial charge in [0, 0.05) is 15.8 Å². The van der Waals surface area contributed by atoms with Gasteiger partial charge in [0.05, 0.1) is 0 Å². The zero-order valence-corrected chi connectivity index (χ0v) is 9.37. The van der Waals surface area contributed by atoms with E-state index in [1.807, 2.05) is 11.3 Å². The van der Waals surface area contributed by atoms with Crippen LogP contribution in [0.4, 0.5) is 0 Å². The van der Waals surface area contributed by atoms with Crippen LogP contribution in [-0.4, -0.2) is 7.05 Å². The third-order valence-electron chi connectivity index (χ3n) is 2.77. The zero-order chi connectivity index (χ0) is 9.42. The quantitative estimate of drug-likeness (QED) is 0.781. The van der Waals surface area contributed by atoms with Gasteiger partial charge in [-0.05, 0) is 51.3 Å². The maximum absolute atomic E-state index is 3.44. The first-order valence-corrected chi connectivity index (χ1v) is 5.78. The van der Waals surface area contributed by atoms with Crippen molar-refractivity contribution in [1.82, 2.24) is 5.32 Å². The maximum atomic E-state index is 3.44. The summed E-state index contributed by atoms with van der Waals surface area (Å²) in [7, 11) is 2.08. The normalized spacial score (nSPS) is 19.0. The topological polar surface area (TPSA) is 12.0 Å². The molecule has 1 N–H and O–H groups in total. The first kappa shape index (κ1) is 9.22. The monoisotopic (exact) mass is 195 g/mol. The Morgan fingerprint density at radius 3 is 2.54 bits per heavy atom. The van der Waals surface area contributed by atoms with Crippen LogP contribution in [0.5, 0.6) is 0 Å². The molecule has 0 amide bonds. The summed E-state index contributed by atoms with van der Waals surface area (Å²) in [4.78, 5) is 3.00. The van der Waals surface area contributed by atoms with E-state index in [0.29, 0.717) is 6.04 Å². The summed E-state index contributed by atoms with van der Waals surface area (Å²) >= 11 is 1.95. The molecular formula is C11H17NS. The highest BCUT2D eigenvalue weighted by Gasteiger charge is 2.32. The van der Waals surface area contributed by atoms with E-state index in [0.717, 1.165) is 5.92 Å². The highest BCUT2D eigenvalue weighted by molar-refractivity contribution is 7.12. The Morgan fingerprint density at radius 1 is 1.46 bits per heavy atom. The van der Waals surface area contributed by atoms with Gasteiger partial charge in [0.1, 0.15) is 0 Å². The van der Waals surface area contributed by atoms with Crippen molar-refractivity contribution < 1.29 is 0 Å². The molecule has 1 unspecified atom stereocenters. The van der Waals surface area contributed by atoms with E-state index in [-0.39, 0.29) is 0 Å². The van der Waals surface area contributed by atoms with Crippen molar-refractivity contribution in [2.75, 3.05) is 7.05 Å². The average Bonchev–Trinajstić information content (AvgIpc) is 2.82. The molecule has 1 aliphatic rings. The van der Waals surface area contributed by atoms with Crippen LogP contribution in [0.3, 0.4) is 0 Å². The molecule has 0 bridgehead atoms. The molecule has 13 heavy (non-hydrogen) atoms. The lowest BCUT2D eigenvalue weighted by molar-refractivity contribution is 0.535. The molecule has 1 aromatic rings. The van der Waals surface area contributed by atoms with Crippen molar-refractivity contribution in [2.45, 2.75) is 32.7 Å². The fourth-order valence-corrected chi connectivity index (χ4v) is 3.22. The first-order chi connectivity index (χ1) is 6.22. The second-order valence-corrected chi connectivity index (χ2v) is 5.30. The molecule has 1 nitrogen and oxygen atoms in total. The summed E-state index contributed by atoms with van der Waals surface area (Å²) in [5, 5.41) is 3.44. The fourth-order valence-electron chi connectivity index (χ4n) is 1.98. The van der Waals surface area contributed by atoms with Crippen LogP contribution in [0.25, 0.3) is 0 Å². The van der Waals surface area contributed by atoms with E-state index in [1.165, 1.54) is 23.3 Å². The Labute approximate surface area is 84.2 Å². The number of aryl methyl sites for hydroxylation is 2. The van der Waals surface area contributed by atoms with Crippen molar-refractivity contribution in [3.8, 4) is 0 Å². The highest BCUT2D eigenvalue weighted by Crippen LogP contribution is 2.43. The van der Waals surface area contributed by atoms with E-state index in [9.17, 15) is 0 Å². The number of nitrogens with one attached hydrogen (secondary N) is 1. The van der Waals surface area contributed by atoms with Crippen molar-refractivity contribution >= 4 is 11.3 Å². The SMILES string of the molecule is CNC(c1sc(C)cc1C)C1CC1. The van der Waals surface area contributed by atoms with E-state index >= 15 is 0 Å². The second kappa shape index (κ2) is 3.43. The predicted octanol–water partition coefficient (Wildman–Crippen LogP) is 3.04. The van der Waals surface area contributed by atoms with Crippen LogP contribution < -0.4 is 5.32 Å². The average molecular weight is 195 g/mol. The van der Waals surface area contributed by atoms with Crippen LogP contribution in [0.15, 0.2) is 6.07 Å². The Morgan fingerprint density at radius 2 is 2.15 bits per heavy atom. The molecule has 0 spiro atoms. The first-order valence-electron chi connectivity index (χ1n) is 4.96. The predicted molar refractivity (Wildman–Crippen MR) is 58.3 cm³/mol. The third kappa shape index (κ3) is 1.79. The smallest absolute Gasteiger partial charge is 0.0443 e. The Kier molecular flexibility index (Phi) is 2.43. The molecule has 1 heterocycles. The van der Waals surface area contributed by atoms with Gasteiger partial charge in [-0.1, -0.05) is 0 Å². The molecule has 1 aromatic heterocycles. The largest absolute Gasteiger partial charge is 0.312 e. The van der Waals surface area contributed by atoms with Gasteiger partial charge in [-0.3, -0.25) is 0 Å². The van der Waals surface area contributed by atoms with E-state index in [2.05, 4.69) is 32.3 Å². The van der Waals surface area contributed by atoms with Gasteiger partial charge in [0.15, 0.2) is 0 Å². The van der Waals surface area contributed by atoms with Crippen molar-refractivity contribution in [3.63, 3.8) is 0 Å². The van der Waals surface area contributed by atoms with Gasteiger partial charge in [-0.25, -0.2) is 0 Å². The minimum absolute atomic E-state index is 0.624. The summed E-state index contributed by atoms with van der Waals surface area (Å²) in [5.74, 6) is 0.904. The minimum Gasteiger partial charge on any atom is -0.312 e. The van der Waals surface area contributed by atoms with Crippen molar-refractivity contribution in [3.05, 3.63) is 21.4 Å². The molecule has 1 saturated carbocycles. The van der Waals surface area contributed by atoms with Crippen LogP contribution in [0.1, 0.15) is 34.2 Å². The molecule has 1 aliphatic carbocycles. The standard InChI is InChI=1S/C11H17NS/c1-7-6-8(2)13-11(7)10(12-3)9-4-5-9/h6,9-10,12H,4-5H2,1-3H3. The second-order valence-electron chi connectivity index (χ2n) is 4.01. The zero-order valence-electron chi connectivity index (χ0n) is 8.55. The maximum Gasteiger partial charge on any atom is 0.0443 e. The lowest BCUT2D eigenvalue weighted by Gasteiger charge is -2.14. The summed E-state index contributed by atoms with van der Waals surface area (Å²) in [5.41, 5.74) is 1.47. The Bertz CT molecular complexity index is 299. The summed E-state index contributed by atoms with van der Waals surface area (Å²) in [6.07, 6.45) is 2.81. The molecule has 1 fully saturated rings. The molecule has 1 atom stereocenters. The molecular weight excluding hydrogens is 178 g/mol. The van der Waals surface area contributed by atoms with Crippen LogP contribution in [0.2, 0.25) is 0 Å². The van der Waals surface area contributed by atoms with Gasteiger partial charge >= 0.3 is 0 Å². The molecule has 0 aliphatic heterocycles. The lowest BCUT2D eigenvalue weighted by atomic mass is 10.1. The number of hydrogen-bond acceptors (Lipinski definition) is 2. The number of thiophene rings is 1. The minimum atomic E-state index is 0.624. The van der Waals surface area contributed by atoms with E-state index in [1.54, 1.807) is 4.88 Å². The third-order valence-corrected chi connectivity index (χ3v) is 4.00. The number of hydrogen-bond donors (Lipinski definition) is 1. The van der Waals surface area contributed by atoms with Gasteiger partial charge in [0.25, 0.3) is 0 Å². The Balaban J connectivity index is 2.25. The van der Waals surface area contributed by atoms with Crippen LogP contribution >= 0.6 is 11.3 Å². The molecule has 2 heteroatoms. The molecule has 0 radical (unpaired) electrons. The van der Waals surface area contributed by atoms with Crippen molar-refractivity contribution in [1.29, 1.82) is 0 Å². The summed E-state index contributed by atoms with van der Waals surface area (Å²) < 4.78 is 0. The van der Waals surface area contributed by atoms with E-state index < -0.39 is 0 Å². The summed E-state index contributed by atoms with van der Waals surface area (Å²) in [6, 6.07) is 2.92. The fraction of sp³-hybridized carbons (Fsp3) is 0.636. The number of rotatable bonds is 3. The highest BCUT2D eigenvalue weighted by atomic mass is 32.1.